The van der Waals surface area contributed by atoms with Gasteiger partial charge in [0.2, 0.25) is 5.91 Å². The first kappa shape index (κ1) is 15.0. The lowest BCUT2D eigenvalue weighted by atomic mass is 9.86. The number of rotatable bonds is 5. The van der Waals surface area contributed by atoms with Crippen molar-refractivity contribution >= 4 is 5.91 Å². The van der Waals surface area contributed by atoms with Crippen molar-refractivity contribution in [3.63, 3.8) is 0 Å². The average molecular weight is 275 g/mol. The normalized spacial score (nSPS) is 21.6. The molecule has 0 saturated carbocycles. The zero-order chi connectivity index (χ0) is 14.8. The fraction of sp³-hybridized carbons (Fsp3) is 0.562. The molecule has 20 heavy (non-hydrogen) atoms. The molecule has 1 fully saturated rings. The summed E-state index contributed by atoms with van der Waals surface area (Å²) in [6.07, 6.45) is 2.94. The second kappa shape index (κ2) is 5.54. The third-order valence-electron chi connectivity index (χ3n) is 4.58. The second-order valence-corrected chi connectivity index (χ2v) is 6.35. The van der Waals surface area contributed by atoms with E-state index in [0.717, 1.165) is 18.7 Å². The van der Waals surface area contributed by atoms with Gasteiger partial charge in [0.25, 0.3) is 0 Å². The summed E-state index contributed by atoms with van der Waals surface area (Å²) < 4.78 is 0. The number of carbonyl (C=O) groups excluding carboxylic acids is 1. The first-order valence-corrected chi connectivity index (χ1v) is 7.26. The number of amides is 1. The van der Waals surface area contributed by atoms with Crippen molar-refractivity contribution in [1.29, 1.82) is 0 Å². The molecule has 4 N–H and O–H groups in total. The van der Waals surface area contributed by atoms with Gasteiger partial charge in [-0.3, -0.25) is 9.69 Å². The van der Waals surface area contributed by atoms with E-state index in [4.69, 9.17) is 11.5 Å². The number of likely N-dealkylation sites (tertiary alicyclic amines) is 1. The summed E-state index contributed by atoms with van der Waals surface area (Å²) in [7, 11) is 0. The van der Waals surface area contributed by atoms with E-state index in [2.05, 4.69) is 18.7 Å². The molecule has 4 nitrogen and oxygen atoms in total. The fourth-order valence-electron chi connectivity index (χ4n) is 3.03. The van der Waals surface area contributed by atoms with Crippen molar-refractivity contribution in [2.24, 2.45) is 11.5 Å². The summed E-state index contributed by atoms with van der Waals surface area (Å²) in [5.74, 6) is -0.458. The zero-order valence-corrected chi connectivity index (χ0v) is 12.4. The molecule has 0 spiro atoms. The largest absolute Gasteiger partial charge is 0.368 e. The van der Waals surface area contributed by atoms with Gasteiger partial charge < -0.3 is 11.5 Å². The molecular formula is C16H25N3O. The highest BCUT2D eigenvalue weighted by Crippen LogP contribution is 2.30. The Hall–Kier alpha value is -1.39. The SMILES string of the molecule is CC1(C)CCCN1CCC(N)(C(N)=O)c1ccccc1. The molecule has 1 aliphatic heterocycles. The Labute approximate surface area is 121 Å². The van der Waals surface area contributed by atoms with Crippen molar-refractivity contribution in [2.45, 2.75) is 44.2 Å². The molecule has 1 heterocycles. The van der Waals surface area contributed by atoms with Crippen LogP contribution in [0, 0.1) is 0 Å². The topological polar surface area (TPSA) is 72.3 Å². The van der Waals surface area contributed by atoms with Crippen molar-refractivity contribution in [2.75, 3.05) is 13.1 Å². The number of hydrogen-bond acceptors (Lipinski definition) is 3. The van der Waals surface area contributed by atoms with E-state index in [-0.39, 0.29) is 5.54 Å². The van der Waals surface area contributed by atoms with Crippen LogP contribution in [0.25, 0.3) is 0 Å². The maximum Gasteiger partial charge on any atom is 0.242 e. The fourth-order valence-corrected chi connectivity index (χ4v) is 3.03. The molecule has 110 valence electrons. The smallest absolute Gasteiger partial charge is 0.242 e. The van der Waals surface area contributed by atoms with Gasteiger partial charge >= 0.3 is 0 Å². The maximum atomic E-state index is 11.9. The Morgan fingerprint density at radius 2 is 2.00 bits per heavy atom. The summed E-state index contributed by atoms with van der Waals surface area (Å²) in [5.41, 5.74) is 11.8. The first-order chi connectivity index (χ1) is 9.36. The average Bonchev–Trinajstić information content (AvgIpc) is 2.75. The Morgan fingerprint density at radius 3 is 2.50 bits per heavy atom. The van der Waals surface area contributed by atoms with Gasteiger partial charge in [0.1, 0.15) is 5.54 Å². The van der Waals surface area contributed by atoms with Gasteiger partial charge in [0, 0.05) is 12.1 Å². The maximum absolute atomic E-state index is 11.9. The highest BCUT2D eigenvalue weighted by molar-refractivity contribution is 5.85. The number of primary amides is 1. The number of nitrogens with zero attached hydrogens (tertiary/aromatic N) is 1. The van der Waals surface area contributed by atoms with Crippen LogP contribution in [-0.2, 0) is 10.3 Å². The highest BCUT2D eigenvalue weighted by atomic mass is 16.1. The monoisotopic (exact) mass is 275 g/mol. The predicted octanol–water partition coefficient (Wildman–Crippen LogP) is 1.59. The molecule has 4 heteroatoms. The van der Waals surface area contributed by atoms with Crippen LogP contribution < -0.4 is 11.5 Å². The van der Waals surface area contributed by atoms with Gasteiger partial charge in [0.15, 0.2) is 0 Å². The number of benzene rings is 1. The lowest BCUT2D eigenvalue weighted by Gasteiger charge is -2.35. The van der Waals surface area contributed by atoms with Crippen LogP contribution in [0.4, 0.5) is 0 Å². The Balaban J connectivity index is 2.13. The number of carbonyl (C=O) groups is 1. The van der Waals surface area contributed by atoms with Gasteiger partial charge in [-0.15, -0.1) is 0 Å². The van der Waals surface area contributed by atoms with E-state index >= 15 is 0 Å². The Bertz CT molecular complexity index is 472. The van der Waals surface area contributed by atoms with Crippen LogP contribution in [-0.4, -0.2) is 29.4 Å². The zero-order valence-electron chi connectivity index (χ0n) is 12.4. The molecular weight excluding hydrogens is 250 g/mol. The third kappa shape index (κ3) is 2.86. The molecule has 0 radical (unpaired) electrons. The second-order valence-electron chi connectivity index (χ2n) is 6.35. The quantitative estimate of drug-likeness (QED) is 0.857. The molecule has 1 aromatic rings. The lowest BCUT2D eigenvalue weighted by molar-refractivity contribution is -0.124. The van der Waals surface area contributed by atoms with Crippen molar-refractivity contribution in [3.8, 4) is 0 Å². The van der Waals surface area contributed by atoms with E-state index in [1.165, 1.54) is 12.8 Å². The standard InChI is InChI=1S/C16H25N3O/c1-15(2)9-6-11-19(15)12-10-16(18,14(17)20)13-7-4-3-5-8-13/h3-5,7-8H,6,9-12,18H2,1-2H3,(H2,17,20). The minimum absolute atomic E-state index is 0.190. The van der Waals surface area contributed by atoms with E-state index < -0.39 is 11.4 Å². The minimum atomic E-state index is -1.08. The summed E-state index contributed by atoms with van der Waals surface area (Å²) in [5, 5.41) is 0. The molecule has 1 atom stereocenters. The molecule has 1 saturated heterocycles. The molecule has 2 rings (SSSR count). The van der Waals surface area contributed by atoms with Crippen LogP contribution in [0.5, 0.6) is 0 Å². The molecule has 1 amide bonds. The van der Waals surface area contributed by atoms with E-state index in [1.54, 1.807) is 0 Å². The van der Waals surface area contributed by atoms with Gasteiger partial charge in [-0.1, -0.05) is 30.3 Å². The van der Waals surface area contributed by atoms with E-state index in [0.29, 0.717) is 6.42 Å². The van der Waals surface area contributed by atoms with Gasteiger partial charge in [-0.05, 0) is 45.2 Å². The molecule has 0 aromatic heterocycles. The van der Waals surface area contributed by atoms with Gasteiger partial charge in [0.05, 0.1) is 0 Å². The lowest BCUT2D eigenvalue weighted by Crippen LogP contribution is -2.52. The van der Waals surface area contributed by atoms with Crippen LogP contribution in [0.1, 0.15) is 38.7 Å². The van der Waals surface area contributed by atoms with Crippen molar-refractivity contribution in [3.05, 3.63) is 35.9 Å². The number of hydrogen-bond donors (Lipinski definition) is 2. The van der Waals surface area contributed by atoms with Crippen LogP contribution in [0.2, 0.25) is 0 Å². The van der Waals surface area contributed by atoms with Gasteiger partial charge in [-0.2, -0.15) is 0 Å². The highest BCUT2D eigenvalue weighted by Gasteiger charge is 2.37. The summed E-state index contributed by atoms with van der Waals surface area (Å²) in [6.45, 7) is 6.34. The van der Waals surface area contributed by atoms with Crippen LogP contribution >= 0.6 is 0 Å². The summed E-state index contributed by atoms with van der Waals surface area (Å²) in [4.78, 5) is 14.3. The molecule has 0 bridgehead atoms. The number of nitrogens with two attached hydrogens (primary N) is 2. The van der Waals surface area contributed by atoms with Crippen LogP contribution in [0.15, 0.2) is 30.3 Å². The molecule has 1 unspecified atom stereocenters. The van der Waals surface area contributed by atoms with Crippen molar-refractivity contribution < 1.29 is 4.79 Å². The van der Waals surface area contributed by atoms with Gasteiger partial charge in [-0.25, -0.2) is 0 Å². The molecule has 1 aliphatic rings. The predicted molar refractivity (Wildman–Crippen MR) is 81.0 cm³/mol. The van der Waals surface area contributed by atoms with Crippen molar-refractivity contribution in [1.82, 2.24) is 4.90 Å². The first-order valence-electron chi connectivity index (χ1n) is 7.26. The minimum Gasteiger partial charge on any atom is -0.368 e. The Morgan fingerprint density at radius 1 is 1.35 bits per heavy atom. The molecule has 0 aliphatic carbocycles. The summed E-state index contributed by atoms with van der Waals surface area (Å²) in [6, 6.07) is 9.44. The van der Waals surface area contributed by atoms with E-state index in [1.807, 2.05) is 30.3 Å². The van der Waals surface area contributed by atoms with Crippen LogP contribution in [0.3, 0.4) is 0 Å². The summed E-state index contributed by atoms with van der Waals surface area (Å²) >= 11 is 0. The molecule has 1 aromatic carbocycles. The Kier molecular flexibility index (Phi) is 4.16. The van der Waals surface area contributed by atoms with E-state index in [9.17, 15) is 4.79 Å². The third-order valence-corrected chi connectivity index (χ3v) is 4.58.